The van der Waals surface area contributed by atoms with E-state index >= 15 is 0 Å². The Bertz CT molecular complexity index is 374. The third-order valence-electron chi connectivity index (χ3n) is 2.58. The summed E-state index contributed by atoms with van der Waals surface area (Å²) in [6.45, 7) is 5.88. The highest BCUT2D eigenvalue weighted by Crippen LogP contribution is 2.12. The van der Waals surface area contributed by atoms with E-state index in [1.54, 1.807) is 16.9 Å². The molecule has 0 radical (unpaired) electrons. The first-order valence-electron chi connectivity index (χ1n) is 6.26. The van der Waals surface area contributed by atoms with Crippen LogP contribution < -0.4 is 11.1 Å². The second kappa shape index (κ2) is 7.13. The molecule has 0 spiro atoms. The van der Waals surface area contributed by atoms with Crippen molar-refractivity contribution in [2.75, 3.05) is 32.0 Å². The van der Waals surface area contributed by atoms with Gasteiger partial charge in [0, 0.05) is 12.1 Å². The smallest absolute Gasteiger partial charge is 0.239 e. The van der Waals surface area contributed by atoms with E-state index in [1.807, 2.05) is 25.8 Å². The van der Waals surface area contributed by atoms with Gasteiger partial charge in [0.1, 0.15) is 5.82 Å². The second-order valence-corrected chi connectivity index (χ2v) is 4.68. The summed E-state index contributed by atoms with van der Waals surface area (Å²) >= 11 is 0. The lowest BCUT2D eigenvalue weighted by Gasteiger charge is -2.16. The SMILES string of the molecule is CC(C)n1nccc1NC(=O)CN(C)CCCN. The standard InChI is InChI=1S/C12H23N5O/c1-10(2)17-11(5-7-14-17)15-12(18)9-16(3)8-4-6-13/h5,7,10H,4,6,8-9,13H2,1-3H3,(H,15,18). The normalized spacial score (nSPS) is 11.2. The zero-order valence-corrected chi connectivity index (χ0v) is 11.4. The number of nitrogens with two attached hydrogens (primary N) is 1. The summed E-state index contributed by atoms with van der Waals surface area (Å²) in [5.74, 6) is 0.708. The number of amides is 1. The van der Waals surface area contributed by atoms with E-state index in [1.165, 1.54) is 0 Å². The first-order valence-corrected chi connectivity index (χ1v) is 6.26. The van der Waals surface area contributed by atoms with Crippen molar-refractivity contribution in [1.29, 1.82) is 0 Å². The van der Waals surface area contributed by atoms with Crippen LogP contribution in [0.15, 0.2) is 12.3 Å². The van der Waals surface area contributed by atoms with Gasteiger partial charge in [-0.25, -0.2) is 4.68 Å². The van der Waals surface area contributed by atoms with Gasteiger partial charge in [-0.05, 0) is 40.4 Å². The monoisotopic (exact) mass is 253 g/mol. The summed E-state index contributed by atoms with van der Waals surface area (Å²) in [6.07, 6.45) is 2.58. The van der Waals surface area contributed by atoms with Crippen LogP contribution in [0.4, 0.5) is 5.82 Å². The second-order valence-electron chi connectivity index (χ2n) is 4.68. The molecule has 0 saturated carbocycles. The number of carbonyl (C=O) groups is 1. The number of anilines is 1. The lowest BCUT2D eigenvalue weighted by molar-refractivity contribution is -0.117. The topological polar surface area (TPSA) is 76.2 Å². The zero-order valence-electron chi connectivity index (χ0n) is 11.4. The van der Waals surface area contributed by atoms with E-state index in [9.17, 15) is 4.79 Å². The third kappa shape index (κ3) is 4.46. The summed E-state index contributed by atoms with van der Waals surface area (Å²) in [6, 6.07) is 2.03. The Morgan fingerprint density at radius 3 is 2.94 bits per heavy atom. The maximum Gasteiger partial charge on any atom is 0.239 e. The molecular weight excluding hydrogens is 230 g/mol. The summed E-state index contributed by atoms with van der Waals surface area (Å²) in [5, 5.41) is 7.04. The van der Waals surface area contributed by atoms with E-state index in [4.69, 9.17) is 5.73 Å². The average molecular weight is 253 g/mol. The minimum absolute atomic E-state index is 0.0306. The fourth-order valence-corrected chi connectivity index (χ4v) is 1.69. The molecule has 1 heterocycles. The predicted molar refractivity (Wildman–Crippen MR) is 72.4 cm³/mol. The first-order chi connectivity index (χ1) is 8.54. The van der Waals surface area contributed by atoms with Gasteiger partial charge < -0.3 is 11.1 Å². The van der Waals surface area contributed by atoms with Crippen LogP contribution in [0.1, 0.15) is 26.3 Å². The molecule has 6 nitrogen and oxygen atoms in total. The molecule has 6 heteroatoms. The molecule has 0 aliphatic heterocycles. The number of hydrogen-bond acceptors (Lipinski definition) is 4. The van der Waals surface area contributed by atoms with Crippen LogP contribution in [0.3, 0.4) is 0 Å². The molecule has 1 aromatic rings. The Morgan fingerprint density at radius 1 is 1.61 bits per heavy atom. The van der Waals surface area contributed by atoms with Crippen molar-refractivity contribution < 1.29 is 4.79 Å². The van der Waals surface area contributed by atoms with Gasteiger partial charge in [-0.1, -0.05) is 0 Å². The lowest BCUT2D eigenvalue weighted by Crippen LogP contribution is -2.32. The molecule has 0 aliphatic rings. The first kappa shape index (κ1) is 14.7. The molecule has 18 heavy (non-hydrogen) atoms. The van der Waals surface area contributed by atoms with Gasteiger partial charge in [0.2, 0.25) is 5.91 Å². The van der Waals surface area contributed by atoms with Crippen molar-refractivity contribution in [1.82, 2.24) is 14.7 Å². The molecular formula is C12H23N5O. The van der Waals surface area contributed by atoms with Crippen LogP contribution in [-0.4, -0.2) is 47.3 Å². The van der Waals surface area contributed by atoms with Crippen LogP contribution in [0.2, 0.25) is 0 Å². The van der Waals surface area contributed by atoms with Gasteiger partial charge in [0.15, 0.2) is 0 Å². The van der Waals surface area contributed by atoms with Crippen molar-refractivity contribution in [3.8, 4) is 0 Å². The summed E-state index contributed by atoms with van der Waals surface area (Å²) in [5.41, 5.74) is 5.43. The van der Waals surface area contributed by atoms with E-state index < -0.39 is 0 Å². The summed E-state index contributed by atoms with van der Waals surface area (Å²) in [4.78, 5) is 13.8. The molecule has 0 aromatic carbocycles. The Balaban J connectivity index is 2.46. The Hall–Kier alpha value is -1.40. The van der Waals surface area contributed by atoms with Crippen LogP contribution >= 0.6 is 0 Å². The average Bonchev–Trinajstić information content (AvgIpc) is 2.74. The highest BCUT2D eigenvalue weighted by atomic mass is 16.2. The number of likely N-dealkylation sites (N-methyl/N-ethyl adjacent to an activating group) is 1. The summed E-state index contributed by atoms with van der Waals surface area (Å²) in [7, 11) is 1.91. The van der Waals surface area contributed by atoms with Crippen LogP contribution in [0, 0.1) is 0 Å². The van der Waals surface area contributed by atoms with Gasteiger partial charge in [-0.15, -0.1) is 0 Å². The molecule has 1 amide bonds. The van der Waals surface area contributed by atoms with Gasteiger partial charge in [0.25, 0.3) is 0 Å². The highest BCUT2D eigenvalue weighted by Gasteiger charge is 2.10. The molecule has 0 unspecified atom stereocenters. The van der Waals surface area contributed by atoms with Gasteiger partial charge in [0.05, 0.1) is 12.7 Å². The molecule has 0 saturated heterocycles. The molecule has 0 fully saturated rings. The molecule has 1 aromatic heterocycles. The lowest BCUT2D eigenvalue weighted by atomic mass is 10.4. The molecule has 102 valence electrons. The molecule has 0 bridgehead atoms. The van der Waals surface area contributed by atoms with Crippen LogP contribution in [0.25, 0.3) is 0 Å². The van der Waals surface area contributed by atoms with Gasteiger partial charge >= 0.3 is 0 Å². The third-order valence-corrected chi connectivity index (χ3v) is 2.58. The highest BCUT2D eigenvalue weighted by molar-refractivity contribution is 5.91. The Morgan fingerprint density at radius 2 is 2.33 bits per heavy atom. The van der Waals surface area contributed by atoms with Gasteiger partial charge in [-0.2, -0.15) is 5.10 Å². The maximum atomic E-state index is 11.8. The zero-order chi connectivity index (χ0) is 13.5. The van der Waals surface area contributed by atoms with Crippen LogP contribution in [0.5, 0.6) is 0 Å². The van der Waals surface area contributed by atoms with Crippen molar-refractivity contribution in [2.24, 2.45) is 5.73 Å². The van der Waals surface area contributed by atoms with E-state index in [2.05, 4.69) is 10.4 Å². The number of rotatable bonds is 7. The number of nitrogens with zero attached hydrogens (tertiary/aromatic N) is 3. The maximum absolute atomic E-state index is 11.8. The quantitative estimate of drug-likeness (QED) is 0.749. The Kier molecular flexibility index (Phi) is 5.80. The molecule has 0 aliphatic carbocycles. The fourth-order valence-electron chi connectivity index (χ4n) is 1.69. The largest absolute Gasteiger partial charge is 0.330 e. The number of aromatic nitrogens is 2. The van der Waals surface area contributed by atoms with Gasteiger partial charge in [-0.3, -0.25) is 9.69 Å². The van der Waals surface area contributed by atoms with E-state index in [0.717, 1.165) is 18.8 Å². The summed E-state index contributed by atoms with van der Waals surface area (Å²) < 4.78 is 1.79. The fraction of sp³-hybridized carbons (Fsp3) is 0.667. The van der Waals surface area contributed by atoms with E-state index in [0.29, 0.717) is 13.1 Å². The van der Waals surface area contributed by atoms with E-state index in [-0.39, 0.29) is 11.9 Å². The predicted octanol–water partition coefficient (Wildman–Crippen LogP) is 0.683. The van der Waals surface area contributed by atoms with Crippen molar-refractivity contribution in [3.05, 3.63) is 12.3 Å². The number of carbonyl (C=O) groups excluding carboxylic acids is 1. The van der Waals surface area contributed by atoms with Crippen molar-refractivity contribution >= 4 is 11.7 Å². The molecule has 3 N–H and O–H groups in total. The molecule has 1 rings (SSSR count). The Labute approximate surface area is 108 Å². The minimum atomic E-state index is -0.0306. The molecule has 0 atom stereocenters. The van der Waals surface area contributed by atoms with Crippen molar-refractivity contribution in [3.63, 3.8) is 0 Å². The minimum Gasteiger partial charge on any atom is -0.330 e. The number of nitrogens with one attached hydrogen (secondary N) is 1. The number of hydrogen-bond donors (Lipinski definition) is 2. The van der Waals surface area contributed by atoms with Crippen molar-refractivity contribution in [2.45, 2.75) is 26.3 Å². The van der Waals surface area contributed by atoms with Crippen LogP contribution in [-0.2, 0) is 4.79 Å².